The molecule has 1 amide bonds. The molecular weight excluding hydrogens is 326 g/mol. The summed E-state index contributed by atoms with van der Waals surface area (Å²) in [6.07, 6.45) is 3.87. The van der Waals surface area contributed by atoms with Gasteiger partial charge in [0, 0.05) is 9.37 Å². The monoisotopic (exact) mass is 341 g/mol. The minimum atomic E-state index is 0.103. The van der Waals surface area contributed by atoms with Crippen LogP contribution < -0.4 is 5.32 Å². The van der Waals surface area contributed by atoms with Crippen molar-refractivity contribution in [1.29, 1.82) is 0 Å². The van der Waals surface area contributed by atoms with E-state index >= 15 is 0 Å². The van der Waals surface area contributed by atoms with Gasteiger partial charge in [0.1, 0.15) is 0 Å². The van der Waals surface area contributed by atoms with E-state index in [1.165, 1.54) is 0 Å². The Kier molecular flexibility index (Phi) is 4.15. The summed E-state index contributed by atoms with van der Waals surface area (Å²) in [5.41, 5.74) is 0. The molecule has 1 aromatic carbocycles. The number of carbonyl (C=O) groups is 1. The van der Waals surface area contributed by atoms with Gasteiger partial charge in [-0.25, -0.2) is 0 Å². The second-order valence-electron chi connectivity index (χ2n) is 5.03. The average molecular weight is 342 g/mol. The molecule has 2 heterocycles. The first-order valence-electron chi connectivity index (χ1n) is 6.54. The van der Waals surface area contributed by atoms with Crippen LogP contribution in [0.25, 0.3) is 0 Å². The van der Waals surface area contributed by atoms with E-state index in [-0.39, 0.29) is 18.1 Å². The van der Waals surface area contributed by atoms with Crippen LogP contribution >= 0.6 is 27.7 Å². The number of nitrogens with one attached hydrogen (secondary N) is 1. The van der Waals surface area contributed by atoms with Crippen LogP contribution in [0.15, 0.2) is 33.6 Å². The average Bonchev–Trinajstić information content (AvgIpc) is 2.99. The number of rotatable bonds is 4. The Morgan fingerprint density at radius 1 is 1.47 bits per heavy atom. The van der Waals surface area contributed by atoms with Crippen molar-refractivity contribution < 1.29 is 9.53 Å². The van der Waals surface area contributed by atoms with Gasteiger partial charge in [-0.05, 0) is 37.5 Å². The Balaban J connectivity index is 1.47. The zero-order chi connectivity index (χ0) is 13.2. The number of halogens is 1. The zero-order valence-corrected chi connectivity index (χ0v) is 12.9. The van der Waals surface area contributed by atoms with E-state index in [4.69, 9.17) is 4.74 Å². The molecule has 3 nitrogen and oxygen atoms in total. The summed E-state index contributed by atoms with van der Waals surface area (Å²) in [6, 6.07) is 8.24. The van der Waals surface area contributed by atoms with Crippen molar-refractivity contribution in [1.82, 2.24) is 5.32 Å². The van der Waals surface area contributed by atoms with Crippen LogP contribution in [0.5, 0.6) is 0 Å². The molecule has 1 aromatic rings. The van der Waals surface area contributed by atoms with Gasteiger partial charge in [0.25, 0.3) is 0 Å². The van der Waals surface area contributed by atoms with E-state index in [1.807, 2.05) is 24.3 Å². The van der Waals surface area contributed by atoms with E-state index in [0.717, 1.165) is 28.6 Å². The van der Waals surface area contributed by atoms with Crippen molar-refractivity contribution >= 4 is 33.6 Å². The number of hydrogen-bond acceptors (Lipinski definition) is 3. The number of hydrogen-bond donors (Lipinski definition) is 1. The molecule has 102 valence electrons. The van der Waals surface area contributed by atoms with Gasteiger partial charge in [-0.3, -0.25) is 4.79 Å². The van der Waals surface area contributed by atoms with Crippen LogP contribution in [0.4, 0.5) is 0 Å². The third-order valence-electron chi connectivity index (χ3n) is 3.62. The van der Waals surface area contributed by atoms with Gasteiger partial charge in [-0.15, -0.1) is 11.8 Å². The highest BCUT2D eigenvalue weighted by Crippen LogP contribution is 2.34. The number of benzene rings is 1. The number of ether oxygens (including phenoxy) is 1. The molecule has 19 heavy (non-hydrogen) atoms. The molecule has 2 aliphatic heterocycles. The molecule has 3 rings (SSSR count). The summed E-state index contributed by atoms with van der Waals surface area (Å²) < 4.78 is 6.78. The normalized spacial score (nSPS) is 28.6. The highest BCUT2D eigenvalue weighted by molar-refractivity contribution is 9.10. The summed E-state index contributed by atoms with van der Waals surface area (Å²) in [5, 5.41) is 3.10. The van der Waals surface area contributed by atoms with E-state index in [9.17, 15) is 4.79 Å². The van der Waals surface area contributed by atoms with Crippen LogP contribution in [-0.4, -0.2) is 29.9 Å². The second kappa shape index (κ2) is 5.85. The Hall–Kier alpha value is -0.520. The SMILES string of the molecule is O=C(CSc1cccc(Br)c1)N[C@H]1C[C@@H]2CC[C@@H]1O2. The van der Waals surface area contributed by atoms with Crippen molar-refractivity contribution in [2.24, 2.45) is 0 Å². The number of carbonyl (C=O) groups excluding carboxylic acids is 1. The molecule has 1 N–H and O–H groups in total. The molecule has 0 radical (unpaired) electrons. The minimum absolute atomic E-state index is 0.103. The first-order valence-corrected chi connectivity index (χ1v) is 8.32. The summed E-state index contributed by atoms with van der Waals surface area (Å²) in [5.74, 6) is 0.566. The van der Waals surface area contributed by atoms with Crippen molar-refractivity contribution in [3.8, 4) is 0 Å². The molecule has 0 aromatic heterocycles. The fourth-order valence-corrected chi connectivity index (χ4v) is 4.06. The van der Waals surface area contributed by atoms with Crippen LogP contribution in [0.3, 0.4) is 0 Å². The summed E-state index contributed by atoms with van der Waals surface area (Å²) in [4.78, 5) is 13.0. The van der Waals surface area contributed by atoms with Crippen molar-refractivity contribution in [2.75, 3.05) is 5.75 Å². The van der Waals surface area contributed by atoms with Crippen molar-refractivity contribution in [3.63, 3.8) is 0 Å². The fraction of sp³-hybridized carbons (Fsp3) is 0.500. The lowest BCUT2D eigenvalue weighted by molar-refractivity contribution is -0.119. The highest BCUT2D eigenvalue weighted by atomic mass is 79.9. The molecule has 2 fully saturated rings. The van der Waals surface area contributed by atoms with Crippen molar-refractivity contribution in [2.45, 2.75) is 42.4 Å². The molecule has 3 atom stereocenters. The second-order valence-corrected chi connectivity index (χ2v) is 6.99. The molecule has 5 heteroatoms. The van der Waals surface area contributed by atoms with E-state index in [1.54, 1.807) is 11.8 Å². The maximum Gasteiger partial charge on any atom is 0.230 e. The van der Waals surface area contributed by atoms with Gasteiger partial charge in [0.05, 0.1) is 24.0 Å². The Morgan fingerprint density at radius 3 is 3.05 bits per heavy atom. The molecular formula is C14H16BrNO2S. The minimum Gasteiger partial charge on any atom is -0.373 e. The molecule has 0 aliphatic carbocycles. The van der Waals surface area contributed by atoms with Crippen LogP contribution in [0.2, 0.25) is 0 Å². The lowest BCUT2D eigenvalue weighted by atomic mass is 9.95. The molecule has 0 unspecified atom stereocenters. The largest absolute Gasteiger partial charge is 0.373 e. The standard InChI is InChI=1S/C14H16BrNO2S/c15-9-2-1-3-11(6-9)19-8-14(17)16-12-7-10-4-5-13(12)18-10/h1-3,6,10,12-13H,4-5,7-8H2,(H,16,17)/t10-,12-,13-/m0/s1. The summed E-state index contributed by atoms with van der Waals surface area (Å²) in [7, 11) is 0. The zero-order valence-electron chi connectivity index (χ0n) is 10.5. The van der Waals surface area contributed by atoms with Gasteiger partial charge in [0.15, 0.2) is 0 Å². The maximum atomic E-state index is 11.9. The summed E-state index contributed by atoms with van der Waals surface area (Å²) in [6.45, 7) is 0. The third-order valence-corrected chi connectivity index (χ3v) is 5.11. The molecule has 2 saturated heterocycles. The van der Waals surface area contributed by atoms with E-state index < -0.39 is 0 Å². The Morgan fingerprint density at radius 2 is 2.37 bits per heavy atom. The van der Waals surface area contributed by atoms with Gasteiger partial charge < -0.3 is 10.1 Å². The third kappa shape index (κ3) is 3.33. The predicted molar refractivity (Wildman–Crippen MR) is 79.3 cm³/mol. The van der Waals surface area contributed by atoms with Gasteiger partial charge in [0.2, 0.25) is 5.91 Å². The Labute approximate surface area is 125 Å². The lowest BCUT2D eigenvalue weighted by Crippen LogP contribution is -2.42. The highest BCUT2D eigenvalue weighted by Gasteiger charge is 2.41. The molecule has 0 spiro atoms. The topological polar surface area (TPSA) is 38.3 Å². The van der Waals surface area contributed by atoms with Gasteiger partial charge in [-0.2, -0.15) is 0 Å². The number of amides is 1. The quantitative estimate of drug-likeness (QED) is 0.855. The Bertz CT molecular complexity index is 482. The van der Waals surface area contributed by atoms with E-state index in [0.29, 0.717) is 11.9 Å². The van der Waals surface area contributed by atoms with Crippen LogP contribution in [0, 0.1) is 0 Å². The molecule has 2 aliphatic rings. The lowest BCUT2D eigenvalue weighted by Gasteiger charge is -2.19. The van der Waals surface area contributed by atoms with Crippen LogP contribution in [0.1, 0.15) is 19.3 Å². The van der Waals surface area contributed by atoms with Gasteiger partial charge >= 0.3 is 0 Å². The van der Waals surface area contributed by atoms with E-state index in [2.05, 4.69) is 21.2 Å². The van der Waals surface area contributed by atoms with Crippen molar-refractivity contribution in [3.05, 3.63) is 28.7 Å². The first kappa shape index (κ1) is 13.5. The van der Waals surface area contributed by atoms with Gasteiger partial charge in [-0.1, -0.05) is 22.0 Å². The predicted octanol–water partition coefficient (Wildman–Crippen LogP) is 2.98. The maximum absolute atomic E-state index is 11.9. The fourth-order valence-electron chi connectivity index (χ4n) is 2.74. The smallest absolute Gasteiger partial charge is 0.230 e. The summed E-state index contributed by atoms with van der Waals surface area (Å²) >= 11 is 5.00. The number of fused-ring (bicyclic) bond motifs is 2. The molecule has 2 bridgehead atoms. The van der Waals surface area contributed by atoms with Crippen LogP contribution in [-0.2, 0) is 9.53 Å². The first-order chi connectivity index (χ1) is 9.20. The molecule has 0 saturated carbocycles. The number of thioether (sulfide) groups is 1.